The van der Waals surface area contributed by atoms with E-state index in [1.54, 1.807) is 52.0 Å². The van der Waals surface area contributed by atoms with Crippen molar-refractivity contribution in [3.05, 3.63) is 94.3 Å². The van der Waals surface area contributed by atoms with Gasteiger partial charge in [0, 0.05) is 40.2 Å². The minimum absolute atomic E-state index is 0.188. The van der Waals surface area contributed by atoms with Crippen molar-refractivity contribution in [2.45, 2.75) is 20.0 Å². The summed E-state index contributed by atoms with van der Waals surface area (Å²) in [7, 11) is 0. The van der Waals surface area contributed by atoms with Gasteiger partial charge in [0.05, 0.1) is 13.1 Å². The van der Waals surface area contributed by atoms with E-state index >= 15 is 0 Å². The van der Waals surface area contributed by atoms with E-state index in [1.807, 2.05) is 13.0 Å². The van der Waals surface area contributed by atoms with Crippen LogP contribution >= 0.6 is 23.8 Å². The predicted molar refractivity (Wildman–Crippen MR) is 125 cm³/mol. The number of thiocarbonyl (C=S) groups is 1. The maximum absolute atomic E-state index is 14.0. The number of anilines is 2. The maximum atomic E-state index is 14.0. The van der Waals surface area contributed by atoms with Gasteiger partial charge in [-0.15, -0.1) is 0 Å². The van der Waals surface area contributed by atoms with Crippen molar-refractivity contribution in [1.29, 1.82) is 0 Å². The fourth-order valence-electron chi connectivity index (χ4n) is 3.14. The fourth-order valence-corrected chi connectivity index (χ4v) is 3.58. The number of rotatable bonds is 6. The summed E-state index contributed by atoms with van der Waals surface area (Å²) in [5.41, 5.74) is 1.76. The number of aryl methyl sites for hydroxylation is 1. The van der Waals surface area contributed by atoms with E-state index in [4.69, 9.17) is 23.8 Å². The zero-order valence-electron chi connectivity index (χ0n) is 17.0. The summed E-state index contributed by atoms with van der Waals surface area (Å²) in [6, 6.07) is 14.7. The Labute approximate surface area is 193 Å². The van der Waals surface area contributed by atoms with Crippen LogP contribution in [0.1, 0.15) is 16.8 Å². The fraction of sp³-hybridized carbons (Fsp3) is 0.136. The molecule has 0 aliphatic rings. The van der Waals surface area contributed by atoms with E-state index in [1.165, 1.54) is 12.1 Å². The molecule has 2 aromatic heterocycles. The van der Waals surface area contributed by atoms with Crippen LogP contribution in [0, 0.1) is 18.6 Å². The molecule has 0 amide bonds. The van der Waals surface area contributed by atoms with Crippen LogP contribution < -0.4 is 10.6 Å². The average molecular weight is 473 g/mol. The Morgan fingerprint density at radius 1 is 0.969 bits per heavy atom. The van der Waals surface area contributed by atoms with Gasteiger partial charge in [0.15, 0.2) is 16.7 Å². The molecule has 2 N–H and O–H groups in total. The summed E-state index contributed by atoms with van der Waals surface area (Å²) in [6.07, 6.45) is 1.70. The monoisotopic (exact) mass is 472 g/mol. The largest absolute Gasteiger partial charge is 0.316 e. The summed E-state index contributed by atoms with van der Waals surface area (Å²) >= 11 is 11.4. The molecule has 0 fully saturated rings. The first kappa shape index (κ1) is 21.9. The normalized spacial score (nSPS) is 10.9. The second-order valence-electron chi connectivity index (χ2n) is 7.10. The van der Waals surface area contributed by atoms with Crippen LogP contribution in [-0.2, 0) is 13.1 Å². The van der Waals surface area contributed by atoms with Gasteiger partial charge in [0.2, 0.25) is 0 Å². The van der Waals surface area contributed by atoms with Gasteiger partial charge >= 0.3 is 0 Å². The lowest BCUT2D eigenvalue weighted by molar-refractivity contribution is 0.581. The van der Waals surface area contributed by atoms with Gasteiger partial charge in [0.25, 0.3) is 0 Å². The number of hydrogen-bond acceptors (Lipinski definition) is 3. The lowest BCUT2D eigenvalue weighted by Gasteiger charge is -2.07. The molecular weight excluding hydrogens is 454 g/mol. The average Bonchev–Trinajstić information content (AvgIpc) is 3.32. The third-order valence-corrected chi connectivity index (χ3v) is 5.32. The number of nitrogens with one attached hydrogen (secondary N) is 2. The van der Waals surface area contributed by atoms with Crippen LogP contribution in [0.4, 0.5) is 20.4 Å². The minimum atomic E-state index is -0.388. The van der Waals surface area contributed by atoms with E-state index in [-0.39, 0.29) is 23.3 Å². The Kier molecular flexibility index (Phi) is 6.48. The SMILES string of the molecule is Cc1cc(NC(=S)Nc2ccn(Cc3c(F)cccc3Cl)n2)nn1Cc1ccccc1F. The summed E-state index contributed by atoms with van der Waals surface area (Å²) < 4.78 is 31.2. The highest BCUT2D eigenvalue weighted by atomic mass is 35.5. The van der Waals surface area contributed by atoms with Crippen molar-refractivity contribution in [2.24, 2.45) is 0 Å². The lowest BCUT2D eigenvalue weighted by atomic mass is 10.2. The Bertz CT molecular complexity index is 1250. The van der Waals surface area contributed by atoms with E-state index in [2.05, 4.69) is 20.8 Å². The summed E-state index contributed by atoms with van der Waals surface area (Å²) in [5, 5.41) is 15.4. The zero-order valence-corrected chi connectivity index (χ0v) is 18.6. The minimum Gasteiger partial charge on any atom is -0.316 e. The van der Waals surface area contributed by atoms with Crippen molar-refractivity contribution in [2.75, 3.05) is 10.6 Å². The first-order valence-electron chi connectivity index (χ1n) is 9.71. The van der Waals surface area contributed by atoms with Gasteiger partial charge in [-0.3, -0.25) is 9.36 Å². The van der Waals surface area contributed by atoms with Gasteiger partial charge in [0.1, 0.15) is 11.6 Å². The standard InChI is InChI=1S/C22H19ClF2N6S/c1-14-11-21(29-31(14)12-15-5-2-3-7-18(15)24)27-22(32)26-20-9-10-30(28-20)13-16-17(23)6-4-8-19(16)25/h2-11H,12-13H2,1H3,(H2,26,27,28,29,32). The Hall–Kier alpha value is -3.30. The van der Waals surface area contributed by atoms with E-state index in [9.17, 15) is 8.78 Å². The Balaban J connectivity index is 1.38. The molecule has 0 unspecified atom stereocenters. The van der Waals surface area contributed by atoms with E-state index in [0.29, 0.717) is 34.3 Å². The third-order valence-electron chi connectivity index (χ3n) is 4.76. The number of halogens is 3. The smallest absolute Gasteiger partial charge is 0.177 e. The molecule has 6 nitrogen and oxygen atoms in total. The molecule has 0 saturated carbocycles. The summed E-state index contributed by atoms with van der Waals surface area (Å²) in [4.78, 5) is 0. The number of benzene rings is 2. The quantitative estimate of drug-likeness (QED) is 0.376. The van der Waals surface area contributed by atoms with Gasteiger partial charge in [-0.05, 0) is 37.3 Å². The maximum Gasteiger partial charge on any atom is 0.177 e. The molecule has 0 bridgehead atoms. The number of nitrogens with zero attached hydrogens (tertiary/aromatic N) is 4. The molecule has 0 radical (unpaired) electrons. The zero-order chi connectivity index (χ0) is 22.7. The molecule has 0 atom stereocenters. The van der Waals surface area contributed by atoms with Crippen molar-refractivity contribution in [3.8, 4) is 0 Å². The highest BCUT2D eigenvalue weighted by molar-refractivity contribution is 7.80. The van der Waals surface area contributed by atoms with Crippen molar-refractivity contribution in [3.63, 3.8) is 0 Å². The van der Waals surface area contributed by atoms with Gasteiger partial charge in [-0.25, -0.2) is 8.78 Å². The molecule has 10 heteroatoms. The molecule has 2 heterocycles. The molecule has 4 aromatic rings. The molecule has 0 saturated heterocycles. The molecule has 4 rings (SSSR count). The lowest BCUT2D eigenvalue weighted by Crippen LogP contribution is -2.20. The van der Waals surface area contributed by atoms with Crippen LogP contribution in [0.3, 0.4) is 0 Å². The molecule has 0 aliphatic heterocycles. The van der Waals surface area contributed by atoms with Crippen LogP contribution in [0.25, 0.3) is 0 Å². The molecule has 2 aromatic carbocycles. The first-order valence-corrected chi connectivity index (χ1v) is 10.5. The Morgan fingerprint density at radius 3 is 2.50 bits per heavy atom. The molecule has 0 aliphatic carbocycles. The molecule has 0 spiro atoms. The van der Waals surface area contributed by atoms with Crippen molar-refractivity contribution < 1.29 is 8.78 Å². The topological polar surface area (TPSA) is 59.7 Å². The predicted octanol–water partition coefficient (Wildman–Crippen LogP) is 5.23. The molecule has 32 heavy (non-hydrogen) atoms. The van der Waals surface area contributed by atoms with Crippen LogP contribution in [0.2, 0.25) is 5.02 Å². The second kappa shape index (κ2) is 9.46. The first-order chi connectivity index (χ1) is 15.4. The van der Waals surface area contributed by atoms with E-state index < -0.39 is 0 Å². The molecule has 164 valence electrons. The van der Waals surface area contributed by atoms with Crippen LogP contribution in [0.5, 0.6) is 0 Å². The summed E-state index contributed by atoms with van der Waals surface area (Å²) in [6.45, 7) is 2.38. The van der Waals surface area contributed by atoms with Gasteiger partial charge in [-0.1, -0.05) is 35.9 Å². The van der Waals surface area contributed by atoms with Gasteiger partial charge < -0.3 is 10.6 Å². The summed E-state index contributed by atoms with van der Waals surface area (Å²) in [5.74, 6) is 0.341. The third kappa shape index (κ3) is 5.12. The van der Waals surface area contributed by atoms with Gasteiger partial charge in [-0.2, -0.15) is 10.2 Å². The van der Waals surface area contributed by atoms with E-state index in [0.717, 1.165) is 5.69 Å². The highest BCUT2D eigenvalue weighted by Gasteiger charge is 2.11. The van der Waals surface area contributed by atoms with Crippen LogP contribution in [0.15, 0.2) is 60.8 Å². The highest BCUT2D eigenvalue weighted by Crippen LogP contribution is 2.20. The molecular formula is C22H19ClF2N6S. The van der Waals surface area contributed by atoms with Crippen molar-refractivity contribution in [1.82, 2.24) is 19.6 Å². The number of hydrogen-bond donors (Lipinski definition) is 2. The number of aromatic nitrogens is 4. The Morgan fingerprint density at radius 2 is 1.72 bits per heavy atom. The second-order valence-corrected chi connectivity index (χ2v) is 7.91. The van der Waals surface area contributed by atoms with Crippen LogP contribution in [-0.4, -0.2) is 24.7 Å². The van der Waals surface area contributed by atoms with Crippen molar-refractivity contribution >= 4 is 40.6 Å².